The number of pyridine rings is 2. The lowest BCUT2D eigenvalue weighted by molar-refractivity contribution is -0.119. The van der Waals surface area contributed by atoms with E-state index in [2.05, 4.69) is 15.3 Å². The van der Waals surface area contributed by atoms with Crippen molar-refractivity contribution < 1.29 is 9.59 Å². The molecule has 2 aromatic rings. The molecule has 2 aromatic heterocycles. The lowest BCUT2D eigenvalue weighted by Gasteiger charge is -2.15. The van der Waals surface area contributed by atoms with Crippen LogP contribution in [0.1, 0.15) is 15.9 Å². The van der Waals surface area contributed by atoms with Crippen molar-refractivity contribution in [1.29, 1.82) is 0 Å². The molecule has 7 heteroatoms. The molecule has 0 bridgehead atoms. The van der Waals surface area contributed by atoms with Crippen LogP contribution < -0.4 is 11.1 Å². The van der Waals surface area contributed by atoms with Crippen molar-refractivity contribution in [1.82, 2.24) is 15.3 Å². The molecule has 2 heterocycles. The number of carbonyl (C=O) groups excluding carboxylic acids is 2. The van der Waals surface area contributed by atoms with Gasteiger partial charge in [0, 0.05) is 30.6 Å². The minimum atomic E-state index is -0.825. The quantitative estimate of drug-likeness (QED) is 0.804. The highest BCUT2D eigenvalue weighted by Gasteiger charge is 2.19. The van der Waals surface area contributed by atoms with E-state index < -0.39 is 11.9 Å². The average Bonchev–Trinajstić information content (AvgIpc) is 2.49. The molecule has 0 fully saturated rings. The normalized spacial score (nSPS) is 11.7. The SMILES string of the molecule is NC(=O)[C@@H](Cc1ccc(Cl)nc1)NC(=O)c1ccncc1. The summed E-state index contributed by atoms with van der Waals surface area (Å²) in [5.41, 5.74) is 6.48. The minimum absolute atomic E-state index is 0.246. The zero-order valence-electron chi connectivity index (χ0n) is 11.0. The third-order valence-electron chi connectivity index (χ3n) is 2.82. The Morgan fingerprint density at radius 2 is 1.95 bits per heavy atom. The summed E-state index contributed by atoms with van der Waals surface area (Å²) < 4.78 is 0. The molecular weight excluding hydrogens is 292 g/mol. The van der Waals surface area contributed by atoms with Crippen LogP contribution in [0.3, 0.4) is 0 Å². The van der Waals surface area contributed by atoms with Crippen LogP contribution in [0.25, 0.3) is 0 Å². The van der Waals surface area contributed by atoms with Gasteiger partial charge in [0.05, 0.1) is 0 Å². The monoisotopic (exact) mass is 304 g/mol. The number of aromatic nitrogens is 2. The van der Waals surface area contributed by atoms with Crippen molar-refractivity contribution in [3.63, 3.8) is 0 Å². The van der Waals surface area contributed by atoms with E-state index >= 15 is 0 Å². The lowest BCUT2D eigenvalue weighted by atomic mass is 10.1. The molecule has 1 atom stereocenters. The number of amides is 2. The van der Waals surface area contributed by atoms with Gasteiger partial charge in [-0.2, -0.15) is 0 Å². The van der Waals surface area contributed by atoms with Gasteiger partial charge in [0.1, 0.15) is 11.2 Å². The van der Waals surface area contributed by atoms with E-state index in [1.807, 2.05) is 0 Å². The van der Waals surface area contributed by atoms with Crippen molar-refractivity contribution in [2.45, 2.75) is 12.5 Å². The number of rotatable bonds is 5. The summed E-state index contributed by atoms with van der Waals surface area (Å²) in [6.45, 7) is 0. The van der Waals surface area contributed by atoms with Gasteiger partial charge in [0.2, 0.25) is 5.91 Å². The second kappa shape index (κ2) is 6.81. The summed E-state index contributed by atoms with van der Waals surface area (Å²) in [6.07, 6.45) is 4.78. The maximum absolute atomic E-state index is 12.0. The molecule has 0 unspecified atom stereocenters. The topological polar surface area (TPSA) is 98.0 Å². The molecule has 0 spiro atoms. The largest absolute Gasteiger partial charge is 0.368 e. The second-order valence-electron chi connectivity index (χ2n) is 4.36. The van der Waals surface area contributed by atoms with E-state index in [-0.39, 0.29) is 12.3 Å². The fourth-order valence-corrected chi connectivity index (χ4v) is 1.84. The highest BCUT2D eigenvalue weighted by Crippen LogP contribution is 2.08. The maximum atomic E-state index is 12.0. The first kappa shape index (κ1) is 14.9. The molecule has 2 rings (SSSR count). The molecule has 3 N–H and O–H groups in total. The maximum Gasteiger partial charge on any atom is 0.252 e. The van der Waals surface area contributed by atoms with Crippen LogP contribution in [0, 0.1) is 0 Å². The van der Waals surface area contributed by atoms with Crippen LogP contribution in [0.5, 0.6) is 0 Å². The standard InChI is InChI=1S/C14H13ClN4O2/c15-12-2-1-9(8-18-12)7-11(13(16)20)19-14(21)10-3-5-17-6-4-10/h1-6,8,11H,7H2,(H2,16,20)(H,19,21)/t11-/m1/s1. The van der Waals surface area contributed by atoms with E-state index in [9.17, 15) is 9.59 Å². The molecule has 0 aliphatic heterocycles. The molecule has 0 radical (unpaired) electrons. The van der Waals surface area contributed by atoms with E-state index in [1.165, 1.54) is 18.6 Å². The predicted molar refractivity (Wildman–Crippen MR) is 77.6 cm³/mol. The van der Waals surface area contributed by atoms with Crippen molar-refractivity contribution in [2.75, 3.05) is 0 Å². The Bertz CT molecular complexity index is 631. The Hall–Kier alpha value is -2.47. The zero-order valence-corrected chi connectivity index (χ0v) is 11.7. The summed E-state index contributed by atoms with van der Waals surface area (Å²) >= 11 is 5.70. The van der Waals surface area contributed by atoms with Gasteiger partial charge < -0.3 is 11.1 Å². The van der Waals surface area contributed by atoms with Gasteiger partial charge in [-0.3, -0.25) is 14.6 Å². The fourth-order valence-electron chi connectivity index (χ4n) is 1.73. The predicted octanol–water partition coefficient (Wildman–Crippen LogP) is 0.956. The first-order chi connectivity index (χ1) is 10.1. The van der Waals surface area contributed by atoms with Crippen molar-refractivity contribution >= 4 is 23.4 Å². The van der Waals surface area contributed by atoms with Crippen molar-refractivity contribution in [3.8, 4) is 0 Å². The van der Waals surface area contributed by atoms with Crippen molar-refractivity contribution in [3.05, 3.63) is 59.1 Å². The number of primary amides is 1. The molecular formula is C14H13ClN4O2. The smallest absolute Gasteiger partial charge is 0.252 e. The molecule has 21 heavy (non-hydrogen) atoms. The summed E-state index contributed by atoms with van der Waals surface area (Å²) in [6, 6.07) is 5.62. The molecule has 0 saturated carbocycles. The Labute approximate surface area is 126 Å². The molecule has 0 aliphatic carbocycles. The number of nitrogens with one attached hydrogen (secondary N) is 1. The summed E-state index contributed by atoms with van der Waals surface area (Å²) in [5, 5.41) is 2.95. The Morgan fingerprint density at radius 1 is 1.24 bits per heavy atom. The summed E-state index contributed by atoms with van der Waals surface area (Å²) in [5.74, 6) is -1.00. The fraction of sp³-hybridized carbons (Fsp3) is 0.143. The van der Waals surface area contributed by atoms with Gasteiger partial charge in [-0.05, 0) is 23.8 Å². The Balaban J connectivity index is 2.07. The first-order valence-electron chi connectivity index (χ1n) is 6.17. The second-order valence-corrected chi connectivity index (χ2v) is 4.74. The summed E-state index contributed by atoms with van der Waals surface area (Å²) in [7, 11) is 0. The third kappa shape index (κ3) is 4.25. The minimum Gasteiger partial charge on any atom is -0.368 e. The number of nitrogens with zero attached hydrogens (tertiary/aromatic N) is 2. The molecule has 6 nitrogen and oxygen atoms in total. The molecule has 108 valence electrons. The zero-order chi connectivity index (χ0) is 15.2. The number of hydrogen-bond acceptors (Lipinski definition) is 4. The number of nitrogens with two attached hydrogens (primary N) is 1. The summed E-state index contributed by atoms with van der Waals surface area (Å²) in [4.78, 5) is 31.3. The highest BCUT2D eigenvalue weighted by molar-refractivity contribution is 6.29. The van der Waals surface area contributed by atoms with Crippen LogP contribution in [-0.2, 0) is 11.2 Å². The van der Waals surface area contributed by atoms with E-state index in [0.717, 1.165) is 5.56 Å². The highest BCUT2D eigenvalue weighted by atomic mass is 35.5. The van der Waals surface area contributed by atoms with Gasteiger partial charge in [0.25, 0.3) is 5.91 Å². The van der Waals surface area contributed by atoms with Crippen LogP contribution in [-0.4, -0.2) is 27.8 Å². The number of halogens is 1. The lowest BCUT2D eigenvalue weighted by Crippen LogP contribution is -2.45. The van der Waals surface area contributed by atoms with E-state index in [4.69, 9.17) is 17.3 Å². The molecule has 2 amide bonds. The average molecular weight is 305 g/mol. The van der Waals surface area contributed by atoms with Gasteiger partial charge in [-0.25, -0.2) is 4.98 Å². The Morgan fingerprint density at radius 3 is 2.52 bits per heavy atom. The van der Waals surface area contributed by atoms with Crippen LogP contribution in [0.4, 0.5) is 0 Å². The molecule has 0 saturated heterocycles. The molecule has 0 aromatic carbocycles. The number of hydrogen-bond donors (Lipinski definition) is 2. The molecule has 0 aliphatic rings. The van der Waals surface area contributed by atoms with Crippen LogP contribution in [0.15, 0.2) is 42.9 Å². The van der Waals surface area contributed by atoms with E-state index in [1.54, 1.807) is 24.3 Å². The van der Waals surface area contributed by atoms with Gasteiger partial charge >= 0.3 is 0 Å². The Kier molecular flexibility index (Phi) is 4.84. The first-order valence-corrected chi connectivity index (χ1v) is 6.54. The number of carbonyl (C=O) groups is 2. The van der Waals surface area contributed by atoms with Crippen LogP contribution >= 0.6 is 11.6 Å². The van der Waals surface area contributed by atoms with Gasteiger partial charge in [0.15, 0.2) is 0 Å². The van der Waals surface area contributed by atoms with Gasteiger partial charge in [-0.15, -0.1) is 0 Å². The van der Waals surface area contributed by atoms with Gasteiger partial charge in [-0.1, -0.05) is 17.7 Å². The third-order valence-corrected chi connectivity index (χ3v) is 3.04. The van der Waals surface area contributed by atoms with Crippen LogP contribution in [0.2, 0.25) is 5.15 Å². The van der Waals surface area contributed by atoms with Crippen molar-refractivity contribution in [2.24, 2.45) is 5.73 Å². The van der Waals surface area contributed by atoms with E-state index in [0.29, 0.717) is 10.7 Å².